The number of carbonyl (C=O) groups excluding carboxylic acids is 1. The Balaban J connectivity index is 2.06. The summed E-state index contributed by atoms with van der Waals surface area (Å²) >= 11 is 7.51. The molecule has 2 rings (SSSR count). The molecule has 0 heterocycles. The fraction of sp³-hybridized carbons (Fsp3) is 0.278. The zero-order valence-corrected chi connectivity index (χ0v) is 14.9. The molecule has 0 bridgehead atoms. The van der Waals surface area contributed by atoms with Crippen molar-refractivity contribution in [1.82, 2.24) is 0 Å². The van der Waals surface area contributed by atoms with Crippen LogP contribution in [0.15, 0.2) is 35.2 Å². The van der Waals surface area contributed by atoms with Crippen molar-refractivity contribution in [2.24, 2.45) is 0 Å². The fourth-order valence-corrected chi connectivity index (χ4v) is 3.59. The van der Waals surface area contributed by atoms with Crippen LogP contribution < -0.4 is 5.32 Å². The van der Waals surface area contributed by atoms with Gasteiger partial charge in [0.15, 0.2) is 0 Å². The van der Waals surface area contributed by atoms with E-state index in [4.69, 9.17) is 11.6 Å². The SMILES string of the molecule is Cc1cc(C)c(C)c(SCC(=O)Nc2cccc(Cl)c2)c1C. The van der Waals surface area contributed by atoms with E-state index in [-0.39, 0.29) is 5.91 Å². The van der Waals surface area contributed by atoms with Crippen LogP contribution in [0.5, 0.6) is 0 Å². The van der Waals surface area contributed by atoms with Gasteiger partial charge in [-0.2, -0.15) is 0 Å². The first-order valence-corrected chi connectivity index (χ1v) is 8.50. The molecule has 116 valence electrons. The second-order valence-electron chi connectivity index (χ2n) is 5.44. The molecule has 22 heavy (non-hydrogen) atoms. The molecule has 0 radical (unpaired) electrons. The van der Waals surface area contributed by atoms with Gasteiger partial charge in [0.25, 0.3) is 0 Å². The third-order valence-corrected chi connectivity index (χ3v) is 5.30. The molecule has 0 aromatic heterocycles. The Morgan fingerprint density at radius 2 is 1.73 bits per heavy atom. The number of anilines is 1. The van der Waals surface area contributed by atoms with Crippen molar-refractivity contribution in [3.05, 3.63) is 57.6 Å². The van der Waals surface area contributed by atoms with Crippen LogP contribution in [0.25, 0.3) is 0 Å². The van der Waals surface area contributed by atoms with Crippen molar-refractivity contribution in [3.63, 3.8) is 0 Å². The molecule has 0 aliphatic carbocycles. The van der Waals surface area contributed by atoms with E-state index in [1.165, 1.54) is 27.1 Å². The summed E-state index contributed by atoms with van der Waals surface area (Å²) in [6.07, 6.45) is 0. The van der Waals surface area contributed by atoms with Gasteiger partial charge in [-0.1, -0.05) is 23.7 Å². The van der Waals surface area contributed by atoms with Crippen LogP contribution in [0.1, 0.15) is 22.3 Å². The minimum atomic E-state index is -0.0229. The number of benzene rings is 2. The standard InChI is InChI=1S/C18H20ClNOS/c1-11-8-12(2)14(4)18(13(11)3)22-10-17(21)20-16-7-5-6-15(19)9-16/h5-9H,10H2,1-4H3,(H,20,21). The van der Waals surface area contributed by atoms with Crippen LogP contribution in [-0.2, 0) is 4.79 Å². The van der Waals surface area contributed by atoms with Gasteiger partial charge in [-0.15, -0.1) is 11.8 Å². The Hall–Kier alpha value is -1.45. The highest BCUT2D eigenvalue weighted by atomic mass is 35.5. The maximum absolute atomic E-state index is 12.1. The minimum Gasteiger partial charge on any atom is -0.325 e. The average molecular weight is 334 g/mol. The smallest absolute Gasteiger partial charge is 0.234 e. The Kier molecular flexibility index (Phi) is 5.54. The lowest BCUT2D eigenvalue weighted by molar-refractivity contribution is -0.113. The first-order valence-electron chi connectivity index (χ1n) is 7.14. The molecule has 1 amide bonds. The number of nitrogens with one attached hydrogen (secondary N) is 1. The van der Waals surface area contributed by atoms with Crippen LogP contribution in [-0.4, -0.2) is 11.7 Å². The maximum atomic E-state index is 12.1. The molecule has 0 saturated carbocycles. The first-order chi connectivity index (χ1) is 10.4. The predicted molar refractivity (Wildman–Crippen MR) is 96.2 cm³/mol. The van der Waals surface area contributed by atoms with E-state index in [1.807, 2.05) is 12.1 Å². The highest BCUT2D eigenvalue weighted by Gasteiger charge is 2.11. The van der Waals surface area contributed by atoms with E-state index in [1.54, 1.807) is 23.9 Å². The van der Waals surface area contributed by atoms with Gasteiger partial charge >= 0.3 is 0 Å². The molecule has 0 fully saturated rings. The number of amides is 1. The molecular weight excluding hydrogens is 314 g/mol. The number of rotatable bonds is 4. The third kappa shape index (κ3) is 4.05. The Morgan fingerprint density at radius 3 is 2.32 bits per heavy atom. The molecule has 4 heteroatoms. The summed E-state index contributed by atoms with van der Waals surface area (Å²) in [6, 6.07) is 9.39. The summed E-state index contributed by atoms with van der Waals surface area (Å²) in [5.41, 5.74) is 5.76. The van der Waals surface area contributed by atoms with Gasteiger partial charge in [-0.25, -0.2) is 0 Å². The van der Waals surface area contributed by atoms with Gasteiger partial charge in [0.05, 0.1) is 5.75 Å². The van der Waals surface area contributed by atoms with Crippen molar-refractivity contribution < 1.29 is 4.79 Å². The van der Waals surface area contributed by atoms with Crippen LogP contribution in [0.4, 0.5) is 5.69 Å². The largest absolute Gasteiger partial charge is 0.325 e. The quantitative estimate of drug-likeness (QED) is 0.769. The Morgan fingerprint density at radius 1 is 1.09 bits per heavy atom. The van der Waals surface area contributed by atoms with Crippen LogP contribution >= 0.6 is 23.4 Å². The molecule has 0 unspecified atom stereocenters. The predicted octanol–water partition coefficient (Wildman–Crippen LogP) is 5.30. The van der Waals surface area contributed by atoms with Crippen molar-refractivity contribution in [2.45, 2.75) is 32.6 Å². The second kappa shape index (κ2) is 7.21. The molecule has 0 spiro atoms. The van der Waals surface area contributed by atoms with E-state index >= 15 is 0 Å². The fourth-order valence-electron chi connectivity index (χ4n) is 2.30. The van der Waals surface area contributed by atoms with E-state index in [0.29, 0.717) is 10.8 Å². The average Bonchev–Trinajstić information content (AvgIpc) is 2.45. The zero-order valence-electron chi connectivity index (χ0n) is 13.3. The van der Waals surface area contributed by atoms with E-state index in [0.717, 1.165) is 5.69 Å². The lowest BCUT2D eigenvalue weighted by atomic mass is 10.0. The van der Waals surface area contributed by atoms with Gasteiger partial charge in [-0.3, -0.25) is 4.79 Å². The van der Waals surface area contributed by atoms with Gasteiger partial charge in [0.1, 0.15) is 0 Å². The number of hydrogen-bond acceptors (Lipinski definition) is 2. The molecule has 1 N–H and O–H groups in total. The summed E-state index contributed by atoms with van der Waals surface area (Å²) < 4.78 is 0. The number of thioether (sulfide) groups is 1. The summed E-state index contributed by atoms with van der Waals surface area (Å²) in [5.74, 6) is 0.363. The van der Waals surface area contributed by atoms with E-state index in [9.17, 15) is 4.79 Å². The summed E-state index contributed by atoms with van der Waals surface area (Å²) in [7, 11) is 0. The van der Waals surface area contributed by atoms with Gasteiger partial charge in [0.2, 0.25) is 5.91 Å². The lowest BCUT2D eigenvalue weighted by Gasteiger charge is -2.14. The molecule has 0 aliphatic heterocycles. The normalized spacial score (nSPS) is 10.6. The van der Waals surface area contributed by atoms with Crippen LogP contribution in [0.3, 0.4) is 0 Å². The zero-order chi connectivity index (χ0) is 16.3. The van der Waals surface area contributed by atoms with Crippen LogP contribution in [0, 0.1) is 27.7 Å². The highest BCUT2D eigenvalue weighted by Crippen LogP contribution is 2.31. The Labute approximate surface area is 141 Å². The van der Waals surface area contributed by atoms with Crippen LogP contribution in [0.2, 0.25) is 5.02 Å². The molecular formula is C18H20ClNOS. The van der Waals surface area contributed by atoms with Gasteiger partial charge < -0.3 is 5.32 Å². The summed E-state index contributed by atoms with van der Waals surface area (Å²) in [5, 5.41) is 3.49. The van der Waals surface area contributed by atoms with Crippen molar-refractivity contribution >= 4 is 35.0 Å². The maximum Gasteiger partial charge on any atom is 0.234 e. The van der Waals surface area contributed by atoms with Gasteiger partial charge in [-0.05, 0) is 68.1 Å². The van der Waals surface area contributed by atoms with E-state index in [2.05, 4.69) is 39.1 Å². The van der Waals surface area contributed by atoms with Crippen molar-refractivity contribution in [2.75, 3.05) is 11.1 Å². The first kappa shape index (κ1) is 16.9. The van der Waals surface area contributed by atoms with E-state index < -0.39 is 0 Å². The molecule has 0 aliphatic rings. The topological polar surface area (TPSA) is 29.1 Å². The summed E-state index contributed by atoms with van der Waals surface area (Å²) in [4.78, 5) is 13.3. The molecule has 2 aromatic carbocycles. The molecule has 0 saturated heterocycles. The highest BCUT2D eigenvalue weighted by molar-refractivity contribution is 8.00. The number of aryl methyl sites for hydroxylation is 2. The third-order valence-electron chi connectivity index (χ3n) is 3.75. The number of carbonyl (C=O) groups is 1. The van der Waals surface area contributed by atoms with Gasteiger partial charge in [0, 0.05) is 15.6 Å². The minimum absolute atomic E-state index is 0.0229. The monoisotopic (exact) mass is 333 g/mol. The number of hydrogen-bond donors (Lipinski definition) is 1. The molecule has 0 atom stereocenters. The Bertz CT molecular complexity index is 686. The second-order valence-corrected chi connectivity index (χ2v) is 6.86. The number of halogens is 1. The lowest BCUT2D eigenvalue weighted by Crippen LogP contribution is -2.14. The molecule has 2 nitrogen and oxygen atoms in total. The molecule has 2 aromatic rings. The summed E-state index contributed by atoms with van der Waals surface area (Å²) in [6.45, 7) is 8.44. The van der Waals surface area contributed by atoms with Crippen molar-refractivity contribution in [1.29, 1.82) is 0 Å². The van der Waals surface area contributed by atoms with Crippen molar-refractivity contribution in [3.8, 4) is 0 Å².